The largest absolute Gasteiger partial charge is 0.496 e. The summed E-state index contributed by atoms with van der Waals surface area (Å²) in [6.45, 7) is 9.27. The van der Waals surface area contributed by atoms with Crippen LogP contribution >= 0.6 is 0 Å². The molecule has 0 saturated heterocycles. The van der Waals surface area contributed by atoms with Gasteiger partial charge in [0.1, 0.15) is 5.75 Å². The van der Waals surface area contributed by atoms with Gasteiger partial charge in [-0.15, -0.1) is 0 Å². The molecule has 0 unspecified atom stereocenters. The Labute approximate surface area is 129 Å². The number of methoxy groups -OCH3 is 1. The Hall–Kier alpha value is -1.10. The molecule has 21 heavy (non-hydrogen) atoms. The summed E-state index contributed by atoms with van der Waals surface area (Å²) in [5.41, 5.74) is 8.18. The summed E-state index contributed by atoms with van der Waals surface area (Å²) in [4.78, 5) is 4.74. The first-order valence-electron chi connectivity index (χ1n) is 7.69. The van der Waals surface area contributed by atoms with Gasteiger partial charge in [0.15, 0.2) is 0 Å². The van der Waals surface area contributed by atoms with E-state index >= 15 is 0 Å². The van der Waals surface area contributed by atoms with Gasteiger partial charge in [-0.05, 0) is 37.7 Å². The van der Waals surface area contributed by atoms with Crippen LogP contribution < -0.4 is 10.5 Å². The maximum atomic E-state index is 5.80. The molecule has 0 aromatic heterocycles. The van der Waals surface area contributed by atoms with Gasteiger partial charge in [-0.25, -0.2) is 0 Å². The lowest BCUT2D eigenvalue weighted by Crippen LogP contribution is -2.34. The second kappa shape index (κ2) is 9.03. The van der Waals surface area contributed by atoms with Crippen molar-refractivity contribution in [2.75, 3.05) is 40.8 Å². The van der Waals surface area contributed by atoms with Gasteiger partial charge < -0.3 is 15.4 Å². The quantitative estimate of drug-likeness (QED) is 0.758. The predicted octanol–water partition coefficient (Wildman–Crippen LogP) is 2.17. The molecule has 4 heteroatoms. The molecule has 1 aromatic rings. The number of nitrogens with zero attached hydrogens (tertiary/aromatic N) is 2. The van der Waals surface area contributed by atoms with Crippen molar-refractivity contribution in [1.82, 2.24) is 9.80 Å². The van der Waals surface area contributed by atoms with E-state index in [2.05, 4.69) is 49.9 Å². The highest BCUT2D eigenvalue weighted by Crippen LogP contribution is 2.20. The molecule has 1 aromatic carbocycles. The summed E-state index contributed by atoms with van der Waals surface area (Å²) in [7, 11) is 5.93. The summed E-state index contributed by atoms with van der Waals surface area (Å²) in [6.07, 6.45) is 0. The molecule has 0 radical (unpaired) electrons. The highest BCUT2D eigenvalue weighted by Gasteiger charge is 2.10. The van der Waals surface area contributed by atoms with E-state index in [1.165, 1.54) is 5.56 Å². The van der Waals surface area contributed by atoms with E-state index in [0.29, 0.717) is 12.5 Å². The third-order valence-corrected chi connectivity index (χ3v) is 3.46. The second-order valence-corrected chi connectivity index (χ2v) is 6.28. The van der Waals surface area contributed by atoms with Crippen LogP contribution in [0.1, 0.15) is 25.0 Å². The molecule has 0 fully saturated rings. The number of nitrogens with two attached hydrogens (primary N) is 1. The number of rotatable bonds is 9. The average molecular weight is 293 g/mol. The summed E-state index contributed by atoms with van der Waals surface area (Å²) < 4.78 is 5.34. The standard InChI is InChI=1S/C17H31N3O/c1-14(2)12-20(9-8-19(3)4)13-15-6-7-17(21-5)16(10-15)11-18/h6-7,10,14H,8-9,11-13,18H2,1-5H3. The Kier molecular flexibility index (Phi) is 7.72. The highest BCUT2D eigenvalue weighted by atomic mass is 16.5. The predicted molar refractivity (Wildman–Crippen MR) is 89.6 cm³/mol. The van der Waals surface area contributed by atoms with Crippen LogP contribution in [0.2, 0.25) is 0 Å². The number of hydrogen-bond acceptors (Lipinski definition) is 4. The Morgan fingerprint density at radius 1 is 1.19 bits per heavy atom. The van der Waals surface area contributed by atoms with Crippen molar-refractivity contribution in [3.63, 3.8) is 0 Å². The Morgan fingerprint density at radius 3 is 2.43 bits per heavy atom. The van der Waals surface area contributed by atoms with Crippen LogP contribution in [0, 0.1) is 5.92 Å². The molecule has 0 aliphatic carbocycles. The van der Waals surface area contributed by atoms with Crippen molar-refractivity contribution in [3.05, 3.63) is 29.3 Å². The first kappa shape index (κ1) is 18.0. The van der Waals surface area contributed by atoms with Crippen molar-refractivity contribution in [1.29, 1.82) is 0 Å². The van der Waals surface area contributed by atoms with Crippen LogP contribution in [0.5, 0.6) is 5.75 Å². The van der Waals surface area contributed by atoms with Crippen molar-refractivity contribution < 1.29 is 4.74 Å². The van der Waals surface area contributed by atoms with E-state index in [1.54, 1.807) is 7.11 Å². The summed E-state index contributed by atoms with van der Waals surface area (Å²) in [5, 5.41) is 0. The Balaban J connectivity index is 2.76. The number of hydrogen-bond donors (Lipinski definition) is 1. The van der Waals surface area contributed by atoms with Crippen LogP contribution in [-0.4, -0.2) is 50.6 Å². The van der Waals surface area contributed by atoms with Gasteiger partial charge in [-0.1, -0.05) is 19.9 Å². The fourth-order valence-corrected chi connectivity index (χ4v) is 2.44. The average Bonchev–Trinajstić information content (AvgIpc) is 2.44. The number of benzene rings is 1. The van der Waals surface area contributed by atoms with Crippen LogP contribution in [0.3, 0.4) is 0 Å². The lowest BCUT2D eigenvalue weighted by atomic mass is 10.1. The molecule has 0 saturated carbocycles. The zero-order valence-electron chi connectivity index (χ0n) is 14.2. The smallest absolute Gasteiger partial charge is 0.123 e. The molecule has 0 atom stereocenters. The van der Waals surface area contributed by atoms with E-state index in [4.69, 9.17) is 10.5 Å². The third kappa shape index (κ3) is 6.46. The first-order valence-corrected chi connectivity index (χ1v) is 7.69. The van der Waals surface area contributed by atoms with Gasteiger partial charge in [-0.2, -0.15) is 0 Å². The van der Waals surface area contributed by atoms with Crippen LogP contribution in [0.25, 0.3) is 0 Å². The number of likely N-dealkylation sites (N-methyl/N-ethyl adjacent to an activating group) is 1. The normalized spacial score (nSPS) is 11.7. The van der Waals surface area contributed by atoms with Crippen LogP contribution in [0.15, 0.2) is 18.2 Å². The van der Waals surface area contributed by atoms with Crippen LogP contribution in [0.4, 0.5) is 0 Å². The minimum absolute atomic E-state index is 0.513. The summed E-state index contributed by atoms with van der Waals surface area (Å²) >= 11 is 0. The van der Waals surface area contributed by atoms with Crippen molar-refractivity contribution in [3.8, 4) is 5.75 Å². The van der Waals surface area contributed by atoms with E-state index in [1.807, 2.05) is 6.07 Å². The maximum absolute atomic E-state index is 5.80. The Morgan fingerprint density at radius 2 is 1.90 bits per heavy atom. The minimum Gasteiger partial charge on any atom is -0.496 e. The number of ether oxygens (including phenoxy) is 1. The molecule has 0 heterocycles. The van der Waals surface area contributed by atoms with Gasteiger partial charge in [0.05, 0.1) is 7.11 Å². The molecular formula is C17H31N3O. The van der Waals surface area contributed by atoms with Gasteiger partial charge in [0.2, 0.25) is 0 Å². The maximum Gasteiger partial charge on any atom is 0.123 e. The fourth-order valence-electron chi connectivity index (χ4n) is 2.44. The molecule has 0 spiro atoms. The molecule has 120 valence electrons. The van der Waals surface area contributed by atoms with E-state index < -0.39 is 0 Å². The Bertz CT molecular complexity index is 418. The van der Waals surface area contributed by atoms with Crippen molar-refractivity contribution in [2.45, 2.75) is 26.9 Å². The van der Waals surface area contributed by atoms with Gasteiger partial charge in [0.25, 0.3) is 0 Å². The zero-order valence-corrected chi connectivity index (χ0v) is 14.2. The molecule has 2 N–H and O–H groups in total. The molecule has 0 amide bonds. The fraction of sp³-hybridized carbons (Fsp3) is 0.647. The molecular weight excluding hydrogens is 262 g/mol. The van der Waals surface area contributed by atoms with Gasteiger partial charge in [-0.3, -0.25) is 4.90 Å². The van der Waals surface area contributed by atoms with E-state index in [-0.39, 0.29) is 0 Å². The van der Waals surface area contributed by atoms with Gasteiger partial charge >= 0.3 is 0 Å². The van der Waals surface area contributed by atoms with E-state index in [9.17, 15) is 0 Å². The highest BCUT2D eigenvalue weighted by molar-refractivity contribution is 5.37. The second-order valence-electron chi connectivity index (χ2n) is 6.28. The third-order valence-electron chi connectivity index (χ3n) is 3.46. The lowest BCUT2D eigenvalue weighted by Gasteiger charge is -2.26. The molecule has 4 nitrogen and oxygen atoms in total. The van der Waals surface area contributed by atoms with Gasteiger partial charge in [0, 0.05) is 38.3 Å². The monoisotopic (exact) mass is 293 g/mol. The lowest BCUT2D eigenvalue weighted by molar-refractivity contribution is 0.211. The molecule has 0 aliphatic heterocycles. The molecule has 0 aliphatic rings. The van der Waals surface area contributed by atoms with Crippen LogP contribution in [-0.2, 0) is 13.1 Å². The summed E-state index contributed by atoms with van der Waals surface area (Å²) in [6, 6.07) is 6.33. The summed E-state index contributed by atoms with van der Waals surface area (Å²) in [5.74, 6) is 1.55. The minimum atomic E-state index is 0.513. The SMILES string of the molecule is COc1ccc(CN(CCN(C)C)CC(C)C)cc1CN. The molecule has 1 rings (SSSR count). The first-order chi connectivity index (χ1) is 9.96. The van der Waals surface area contributed by atoms with Crippen molar-refractivity contribution in [2.24, 2.45) is 11.7 Å². The zero-order chi connectivity index (χ0) is 15.8. The van der Waals surface area contributed by atoms with E-state index in [0.717, 1.165) is 37.5 Å². The van der Waals surface area contributed by atoms with Crippen molar-refractivity contribution >= 4 is 0 Å². The topological polar surface area (TPSA) is 41.7 Å². The molecule has 0 bridgehead atoms.